The number of rotatable bonds is 3. The van der Waals surface area contributed by atoms with Gasteiger partial charge in [0.05, 0.1) is 5.56 Å². The van der Waals surface area contributed by atoms with Gasteiger partial charge in [-0.15, -0.1) is 0 Å². The number of halogens is 3. The third-order valence-corrected chi connectivity index (χ3v) is 3.63. The molecule has 0 saturated carbocycles. The SMILES string of the molecule is O=S(=O)(O)SCc1cccc(C(F)(F)F)c1. The summed E-state index contributed by atoms with van der Waals surface area (Å²) in [6.45, 7) is 0. The summed E-state index contributed by atoms with van der Waals surface area (Å²) < 4.78 is 66.0. The Morgan fingerprint density at radius 2 is 1.94 bits per heavy atom. The van der Waals surface area contributed by atoms with Gasteiger partial charge in [-0.2, -0.15) is 21.6 Å². The minimum Gasteiger partial charge on any atom is -0.277 e. The predicted octanol–water partition coefficient (Wildman–Crippen LogP) is 2.74. The average molecular weight is 272 g/mol. The van der Waals surface area contributed by atoms with E-state index in [1.165, 1.54) is 12.1 Å². The zero-order valence-corrected chi connectivity index (χ0v) is 9.36. The summed E-state index contributed by atoms with van der Waals surface area (Å²) in [7, 11) is -4.07. The van der Waals surface area contributed by atoms with Crippen molar-refractivity contribution in [3.8, 4) is 0 Å². The van der Waals surface area contributed by atoms with E-state index in [-0.39, 0.29) is 22.1 Å². The minimum absolute atomic E-state index is 0.166. The lowest BCUT2D eigenvalue weighted by Crippen LogP contribution is -2.05. The fourth-order valence-electron chi connectivity index (χ4n) is 0.980. The lowest BCUT2D eigenvalue weighted by atomic mass is 10.1. The Morgan fingerprint density at radius 3 is 2.44 bits per heavy atom. The molecule has 0 bridgehead atoms. The van der Waals surface area contributed by atoms with E-state index in [0.29, 0.717) is 0 Å². The van der Waals surface area contributed by atoms with Crippen molar-refractivity contribution in [2.24, 2.45) is 0 Å². The third-order valence-electron chi connectivity index (χ3n) is 1.63. The van der Waals surface area contributed by atoms with Gasteiger partial charge in [-0.1, -0.05) is 18.2 Å². The van der Waals surface area contributed by atoms with E-state index in [4.69, 9.17) is 4.55 Å². The van der Waals surface area contributed by atoms with Crippen molar-refractivity contribution in [1.29, 1.82) is 0 Å². The number of alkyl halides is 3. The van der Waals surface area contributed by atoms with Gasteiger partial charge in [0.2, 0.25) is 0 Å². The lowest BCUT2D eigenvalue weighted by molar-refractivity contribution is -0.137. The van der Waals surface area contributed by atoms with Crippen molar-refractivity contribution in [1.82, 2.24) is 0 Å². The maximum absolute atomic E-state index is 12.3. The molecule has 16 heavy (non-hydrogen) atoms. The van der Waals surface area contributed by atoms with E-state index in [1.807, 2.05) is 0 Å². The van der Waals surface area contributed by atoms with Crippen molar-refractivity contribution in [3.05, 3.63) is 35.4 Å². The van der Waals surface area contributed by atoms with Gasteiger partial charge >= 0.3 is 15.3 Å². The van der Waals surface area contributed by atoms with Crippen LogP contribution >= 0.6 is 10.8 Å². The minimum atomic E-state index is -4.46. The first kappa shape index (κ1) is 13.3. The molecule has 0 aliphatic heterocycles. The summed E-state index contributed by atoms with van der Waals surface area (Å²) >= 11 is 0. The van der Waals surface area contributed by atoms with Crippen molar-refractivity contribution < 1.29 is 26.1 Å². The molecule has 0 aliphatic carbocycles. The fourth-order valence-corrected chi connectivity index (χ4v) is 2.30. The van der Waals surface area contributed by atoms with Crippen LogP contribution in [0.15, 0.2) is 24.3 Å². The van der Waals surface area contributed by atoms with Crippen molar-refractivity contribution in [2.45, 2.75) is 11.9 Å². The first-order valence-corrected chi connectivity index (χ1v) is 6.91. The highest BCUT2D eigenvalue weighted by Gasteiger charge is 2.30. The Balaban J connectivity index is 2.84. The van der Waals surface area contributed by atoms with E-state index in [1.54, 1.807) is 0 Å². The number of hydrogen-bond acceptors (Lipinski definition) is 3. The maximum atomic E-state index is 12.3. The van der Waals surface area contributed by atoms with Crippen molar-refractivity contribution in [3.63, 3.8) is 0 Å². The highest BCUT2D eigenvalue weighted by atomic mass is 33.1. The van der Waals surface area contributed by atoms with Gasteiger partial charge in [0.1, 0.15) is 0 Å². The van der Waals surface area contributed by atoms with Gasteiger partial charge in [-0.3, -0.25) is 4.55 Å². The van der Waals surface area contributed by atoms with E-state index < -0.39 is 20.9 Å². The van der Waals surface area contributed by atoms with Gasteiger partial charge < -0.3 is 0 Å². The molecule has 1 aromatic rings. The molecule has 1 N–H and O–H groups in total. The van der Waals surface area contributed by atoms with Crippen LogP contribution < -0.4 is 0 Å². The Kier molecular flexibility index (Phi) is 3.87. The molecule has 8 heteroatoms. The summed E-state index contributed by atoms with van der Waals surface area (Å²) in [6, 6.07) is 4.27. The van der Waals surface area contributed by atoms with E-state index >= 15 is 0 Å². The number of benzene rings is 1. The van der Waals surface area contributed by atoms with Gasteiger partial charge in [-0.05, 0) is 11.6 Å². The molecule has 1 aromatic carbocycles. The van der Waals surface area contributed by atoms with Crippen LogP contribution in [0.5, 0.6) is 0 Å². The summed E-state index contributed by atoms with van der Waals surface area (Å²) in [6.07, 6.45) is -4.46. The predicted molar refractivity (Wildman–Crippen MR) is 54.3 cm³/mol. The molecule has 0 unspecified atom stereocenters. The van der Waals surface area contributed by atoms with Gasteiger partial charge in [-0.25, -0.2) is 0 Å². The highest BCUT2D eigenvalue weighted by Crippen LogP contribution is 2.30. The summed E-state index contributed by atoms with van der Waals surface area (Å²) in [5.74, 6) is -0.233. The molecular formula is C8H7F3O3S2. The molecule has 1 rings (SSSR count). The van der Waals surface area contributed by atoms with Gasteiger partial charge in [0, 0.05) is 16.5 Å². The summed E-state index contributed by atoms with van der Waals surface area (Å²) in [5.41, 5.74) is -0.668. The quantitative estimate of drug-likeness (QED) is 0.679. The molecule has 0 fully saturated rings. The normalized spacial score (nSPS) is 12.8. The first-order chi connectivity index (χ1) is 7.18. The Bertz CT molecular complexity index is 468. The molecule has 0 radical (unpaired) electrons. The van der Waals surface area contributed by atoms with Crippen LogP contribution in [0.3, 0.4) is 0 Å². The molecule has 0 saturated heterocycles. The second-order valence-corrected chi connectivity index (χ2v) is 6.24. The van der Waals surface area contributed by atoms with Gasteiger partial charge in [0.15, 0.2) is 0 Å². The van der Waals surface area contributed by atoms with E-state index in [0.717, 1.165) is 12.1 Å². The van der Waals surface area contributed by atoms with Crippen LogP contribution in [0, 0.1) is 0 Å². The molecule has 0 aliphatic rings. The smallest absolute Gasteiger partial charge is 0.277 e. The van der Waals surface area contributed by atoms with E-state index in [9.17, 15) is 21.6 Å². The average Bonchev–Trinajstić information content (AvgIpc) is 2.13. The molecule has 0 atom stereocenters. The van der Waals surface area contributed by atoms with E-state index in [2.05, 4.69) is 0 Å². The zero-order chi connectivity index (χ0) is 12.4. The highest BCUT2D eigenvalue weighted by molar-refractivity contribution is 8.69. The molecule has 0 spiro atoms. The largest absolute Gasteiger partial charge is 0.416 e. The second-order valence-electron chi connectivity index (χ2n) is 2.89. The zero-order valence-electron chi connectivity index (χ0n) is 7.73. The molecular weight excluding hydrogens is 265 g/mol. The van der Waals surface area contributed by atoms with Crippen LogP contribution in [0.4, 0.5) is 13.2 Å². The van der Waals surface area contributed by atoms with Crippen molar-refractivity contribution in [2.75, 3.05) is 0 Å². The molecule has 0 amide bonds. The standard InChI is InChI=1S/C8H7F3O3S2/c9-8(10,11)7-3-1-2-6(4-7)5-15-16(12,13)14/h1-4H,5H2,(H,12,13,14). The van der Waals surface area contributed by atoms with Crippen molar-refractivity contribution >= 4 is 19.9 Å². The molecule has 90 valence electrons. The monoisotopic (exact) mass is 272 g/mol. The second kappa shape index (κ2) is 4.64. The first-order valence-electron chi connectivity index (χ1n) is 3.96. The number of hydrogen-bond donors (Lipinski definition) is 1. The Hall–Kier alpha value is -0.730. The molecule has 0 heterocycles. The van der Waals surface area contributed by atoms with Gasteiger partial charge in [0.25, 0.3) is 0 Å². The third kappa shape index (κ3) is 4.42. The Labute approximate surface area is 93.8 Å². The maximum Gasteiger partial charge on any atom is 0.416 e. The lowest BCUT2D eigenvalue weighted by Gasteiger charge is -2.07. The summed E-state index contributed by atoms with van der Waals surface area (Å²) in [5, 5.41) is 0. The van der Waals surface area contributed by atoms with Crippen LogP contribution in [-0.4, -0.2) is 13.0 Å². The van der Waals surface area contributed by atoms with Crippen LogP contribution in [-0.2, 0) is 21.1 Å². The van der Waals surface area contributed by atoms with Crippen LogP contribution in [0.2, 0.25) is 0 Å². The van der Waals surface area contributed by atoms with Crippen LogP contribution in [0.25, 0.3) is 0 Å². The topological polar surface area (TPSA) is 54.4 Å². The Morgan fingerprint density at radius 1 is 1.31 bits per heavy atom. The van der Waals surface area contributed by atoms with Crippen LogP contribution in [0.1, 0.15) is 11.1 Å². The fraction of sp³-hybridized carbons (Fsp3) is 0.250. The molecule has 0 aromatic heterocycles. The molecule has 3 nitrogen and oxygen atoms in total. The summed E-state index contributed by atoms with van der Waals surface area (Å²) in [4.78, 5) is 0.